The van der Waals surface area contributed by atoms with Gasteiger partial charge in [-0.3, -0.25) is 9.59 Å². The lowest BCUT2D eigenvalue weighted by atomic mass is 9.93. The molecule has 2 atom stereocenters. The molecule has 23 heavy (non-hydrogen) atoms. The molecule has 1 N–H and O–H groups in total. The minimum atomic E-state index is -4.75. The van der Waals surface area contributed by atoms with Crippen molar-refractivity contribution in [1.29, 1.82) is 0 Å². The van der Waals surface area contributed by atoms with Crippen LogP contribution in [0.5, 0.6) is 0 Å². The molecule has 9 heteroatoms. The maximum atomic E-state index is 12.8. The van der Waals surface area contributed by atoms with Gasteiger partial charge in [0.25, 0.3) is 5.91 Å². The second-order valence-corrected chi connectivity index (χ2v) is 5.63. The summed E-state index contributed by atoms with van der Waals surface area (Å²) >= 11 is 0. The van der Waals surface area contributed by atoms with Crippen LogP contribution in [0.1, 0.15) is 41.8 Å². The summed E-state index contributed by atoms with van der Waals surface area (Å²) in [6, 6.07) is 0.914. The van der Waals surface area contributed by atoms with Crippen LogP contribution >= 0.6 is 0 Å². The lowest BCUT2D eigenvalue weighted by Crippen LogP contribution is -2.47. The van der Waals surface area contributed by atoms with E-state index in [2.05, 4.69) is 9.97 Å². The zero-order chi connectivity index (χ0) is 17.4. The fraction of sp³-hybridized carbons (Fsp3) is 0.571. The van der Waals surface area contributed by atoms with Crippen molar-refractivity contribution >= 4 is 11.9 Å². The fourth-order valence-corrected chi connectivity index (χ4v) is 2.54. The molecular weight excluding hydrogens is 315 g/mol. The lowest BCUT2D eigenvalue weighted by Gasteiger charge is -2.36. The van der Waals surface area contributed by atoms with Crippen molar-refractivity contribution < 1.29 is 27.9 Å². The summed E-state index contributed by atoms with van der Waals surface area (Å²) in [6.45, 7) is 3.03. The lowest BCUT2D eigenvalue weighted by molar-refractivity contribution is -0.145. The third-order valence-electron chi connectivity index (χ3n) is 3.82. The Kier molecular flexibility index (Phi) is 4.58. The van der Waals surface area contributed by atoms with Crippen LogP contribution in [0.25, 0.3) is 0 Å². The molecule has 2 heterocycles. The zero-order valence-corrected chi connectivity index (χ0v) is 12.6. The highest BCUT2D eigenvalue weighted by Gasteiger charge is 2.37. The zero-order valence-electron chi connectivity index (χ0n) is 12.6. The predicted octanol–water partition coefficient (Wildman–Crippen LogP) is 2.13. The summed E-state index contributed by atoms with van der Waals surface area (Å²) < 4.78 is 38.3. The Morgan fingerprint density at radius 2 is 1.96 bits per heavy atom. The van der Waals surface area contributed by atoms with E-state index in [0.717, 1.165) is 0 Å². The molecule has 1 aliphatic heterocycles. The maximum absolute atomic E-state index is 12.8. The van der Waals surface area contributed by atoms with Crippen molar-refractivity contribution in [3.8, 4) is 0 Å². The van der Waals surface area contributed by atoms with Gasteiger partial charge in [0.1, 0.15) is 5.69 Å². The molecule has 0 aromatic carbocycles. The van der Waals surface area contributed by atoms with Crippen LogP contribution in [0.15, 0.2) is 6.07 Å². The first-order valence-corrected chi connectivity index (χ1v) is 7.06. The van der Waals surface area contributed by atoms with Crippen LogP contribution < -0.4 is 0 Å². The van der Waals surface area contributed by atoms with Gasteiger partial charge in [-0.25, -0.2) is 9.97 Å². The van der Waals surface area contributed by atoms with Gasteiger partial charge in [0.2, 0.25) is 5.82 Å². The standard InChI is InChI=1S/C14H16F3N3O3/c1-7-5-10(19-13(18-7)14(15,16)17)11(21)20-6-9(12(22)23)4-3-8(20)2/h5,8-9H,3-4,6H2,1-2H3,(H,22,23). The summed E-state index contributed by atoms with van der Waals surface area (Å²) in [4.78, 5) is 31.4. The molecule has 6 nitrogen and oxygen atoms in total. The number of nitrogens with zero attached hydrogens (tertiary/aromatic N) is 3. The SMILES string of the molecule is Cc1cc(C(=O)N2CC(C(=O)O)CCC2C)nc(C(F)(F)F)n1. The van der Waals surface area contributed by atoms with Crippen molar-refractivity contribution in [2.45, 2.75) is 38.9 Å². The van der Waals surface area contributed by atoms with Crippen molar-refractivity contribution in [2.24, 2.45) is 5.92 Å². The van der Waals surface area contributed by atoms with Crippen LogP contribution in [-0.4, -0.2) is 44.4 Å². The largest absolute Gasteiger partial charge is 0.481 e. The van der Waals surface area contributed by atoms with E-state index in [9.17, 15) is 22.8 Å². The van der Waals surface area contributed by atoms with Gasteiger partial charge in [0.15, 0.2) is 0 Å². The number of halogens is 3. The molecule has 0 aliphatic carbocycles. The molecular formula is C14H16F3N3O3. The second-order valence-electron chi connectivity index (χ2n) is 5.63. The average molecular weight is 331 g/mol. The Balaban J connectivity index is 2.32. The van der Waals surface area contributed by atoms with Gasteiger partial charge in [0, 0.05) is 18.3 Å². The summed E-state index contributed by atoms with van der Waals surface area (Å²) in [7, 11) is 0. The monoisotopic (exact) mass is 331 g/mol. The summed E-state index contributed by atoms with van der Waals surface area (Å²) in [5.74, 6) is -3.83. The number of aryl methyl sites for hydroxylation is 1. The quantitative estimate of drug-likeness (QED) is 0.897. The number of hydrogen-bond acceptors (Lipinski definition) is 4. The van der Waals surface area contributed by atoms with Crippen LogP contribution in [0, 0.1) is 12.8 Å². The van der Waals surface area contributed by atoms with Gasteiger partial charge in [-0.1, -0.05) is 0 Å². The Morgan fingerprint density at radius 1 is 1.30 bits per heavy atom. The number of carboxylic acid groups (broad SMARTS) is 1. The smallest absolute Gasteiger partial charge is 0.451 e. The van der Waals surface area contributed by atoms with E-state index < -0.39 is 29.8 Å². The Morgan fingerprint density at radius 3 is 2.52 bits per heavy atom. The van der Waals surface area contributed by atoms with Crippen molar-refractivity contribution in [3.63, 3.8) is 0 Å². The molecule has 1 amide bonds. The van der Waals surface area contributed by atoms with Crippen molar-refractivity contribution in [1.82, 2.24) is 14.9 Å². The number of carboxylic acids is 1. The molecule has 1 aliphatic rings. The first-order valence-electron chi connectivity index (χ1n) is 7.06. The molecule has 1 aromatic rings. The number of rotatable bonds is 2. The average Bonchev–Trinajstić information content (AvgIpc) is 2.45. The van der Waals surface area contributed by atoms with Gasteiger partial charge in [0.05, 0.1) is 5.92 Å². The number of piperidine rings is 1. The van der Waals surface area contributed by atoms with Gasteiger partial charge in [-0.05, 0) is 32.8 Å². The number of amides is 1. The molecule has 1 aromatic heterocycles. The first-order chi connectivity index (χ1) is 10.6. The third kappa shape index (κ3) is 3.77. The number of aromatic nitrogens is 2. The first kappa shape index (κ1) is 17.2. The fourth-order valence-electron chi connectivity index (χ4n) is 2.54. The van der Waals surface area contributed by atoms with Gasteiger partial charge in [-0.15, -0.1) is 0 Å². The van der Waals surface area contributed by atoms with E-state index in [0.29, 0.717) is 12.8 Å². The van der Waals surface area contributed by atoms with E-state index >= 15 is 0 Å². The molecule has 2 unspecified atom stereocenters. The number of alkyl halides is 3. The summed E-state index contributed by atoms with van der Waals surface area (Å²) in [5, 5.41) is 9.08. The minimum Gasteiger partial charge on any atom is -0.481 e. The normalized spacial score (nSPS) is 22.0. The van der Waals surface area contributed by atoms with Gasteiger partial charge in [-0.2, -0.15) is 13.2 Å². The third-order valence-corrected chi connectivity index (χ3v) is 3.82. The Hall–Kier alpha value is -2.19. The highest BCUT2D eigenvalue weighted by molar-refractivity contribution is 5.93. The van der Waals surface area contributed by atoms with Crippen LogP contribution in [-0.2, 0) is 11.0 Å². The summed E-state index contributed by atoms with van der Waals surface area (Å²) in [6.07, 6.45) is -3.85. The highest BCUT2D eigenvalue weighted by Crippen LogP contribution is 2.28. The molecule has 0 saturated carbocycles. The molecule has 0 bridgehead atoms. The maximum Gasteiger partial charge on any atom is 0.451 e. The number of carbonyl (C=O) groups is 2. The van der Waals surface area contributed by atoms with Gasteiger partial charge < -0.3 is 10.0 Å². The highest BCUT2D eigenvalue weighted by atomic mass is 19.4. The number of likely N-dealkylation sites (tertiary alicyclic amines) is 1. The molecule has 0 spiro atoms. The molecule has 1 fully saturated rings. The van der Waals surface area contributed by atoms with Crippen LogP contribution in [0.3, 0.4) is 0 Å². The molecule has 2 rings (SSSR count). The number of carbonyl (C=O) groups excluding carboxylic acids is 1. The summed E-state index contributed by atoms with van der Waals surface area (Å²) in [5.41, 5.74) is -0.349. The van der Waals surface area contributed by atoms with Crippen LogP contribution in [0.2, 0.25) is 0 Å². The Labute approximate surface area is 130 Å². The van der Waals surface area contributed by atoms with Gasteiger partial charge >= 0.3 is 12.1 Å². The number of aliphatic carboxylic acids is 1. The molecule has 126 valence electrons. The molecule has 0 radical (unpaired) electrons. The van der Waals surface area contributed by atoms with E-state index in [4.69, 9.17) is 5.11 Å². The van der Waals surface area contributed by atoms with Crippen LogP contribution in [0.4, 0.5) is 13.2 Å². The number of hydrogen-bond donors (Lipinski definition) is 1. The van der Waals surface area contributed by atoms with E-state index in [1.807, 2.05) is 0 Å². The van der Waals surface area contributed by atoms with Crippen molar-refractivity contribution in [2.75, 3.05) is 6.54 Å². The minimum absolute atomic E-state index is 0.0233. The van der Waals surface area contributed by atoms with Crippen molar-refractivity contribution in [3.05, 3.63) is 23.3 Å². The molecule has 1 saturated heterocycles. The van der Waals surface area contributed by atoms with E-state index in [-0.39, 0.29) is 24.0 Å². The Bertz CT molecular complexity index is 633. The predicted molar refractivity (Wildman–Crippen MR) is 72.6 cm³/mol. The van der Waals surface area contributed by atoms with E-state index in [1.165, 1.54) is 17.9 Å². The topological polar surface area (TPSA) is 83.4 Å². The second kappa shape index (κ2) is 6.13. The van der Waals surface area contributed by atoms with E-state index in [1.54, 1.807) is 6.92 Å².